The number of ether oxygens (including phenoxy) is 13. The Morgan fingerprint density at radius 2 is 0.550 bits per heavy atom. The minimum atomic E-state index is -0.244. The number of rotatable bonds is 31. The third kappa shape index (κ3) is 21.2. The van der Waals surface area contributed by atoms with Gasteiger partial charge in [0.05, 0.1) is 78.8 Å². The van der Waals surface area contributed by atoms with Crippen molar-refractivity contribution in [3.05, 3.63) is 0 Å². The molecule has 0 spiro atoms. The molecule has 0 saturated carbocycles. The first-order chi connectivity index (χ1) is 19.5. The normalized spacial score (nSPS) is 16.5. The lowest BCUT2D eigenvalue weighted by molar-refractivity contribution is -0.104. The van der Waals surface area contributed by atoms with Gasteiger partial charge in [0.1, 0.15) is 30.5 Å². The van der Waals surface area contributed by atoms with E-state index in [2.05, 4.69) is 0 Å². The molecule has 13 heteroatoms. The van der Waals surface area contributed by atoms with Crippen molar-refractivity contribution >= 4 is 0 Å². The van der Waals surface area contributed by atoms with Crippen molar-refractivity contribution in [3.63, 3.8) is 0 Å². The van der Waals surface area contributed by atoms with Gasteiger partial charge in [-0.3, -0.25) is 0 Å². The maximum Gasteiger partial charge on any atom is 0.104 e. The summed E-state index contributed by atoms with van der Waals surface area (Å²) in [7, 11) is 13.0. The summed E-state index contributed by atoms with van der Waals surface area (Å²) >= 11 is 0. The van der Waals surface area contributed by atoms with Gasteiger partial charge in [0.25, 0.3) is 0 Å². The van der Waals surface area contributed by atoms with Crippen LogP contribution < -0.4 is 0 Å². The fourth-order valence-electron chi connectivity index (χ4n) is 3.28. The topological polar surface area (TPSA) is 120 Å². The van der Waals surface area contributed by atoms with Gasteiger partial charge < -0.3 is 61.6 Å². The van der Waals surface area contributed by atoms with Crippen molar-refractivity contribution in [2.75, 3.05) is 136 Å². The highest BCUT2D eigenvalue weighted by molar-refractivity contribution is 4.63. The van der Waals surface area contributed by atoms with Crippen LogP contribution in [0.25, 0.3) is 0 Å². The Morgan fingerprint density at radius 1 is 0.300 bits per heavy atom. The van der Waals surface area contributed by atoms with Crippen LogP contribution in [0.3, 0.4) is 0 Å². The molecule has 0 N–H and O–H groups in total. The van der Waals surface area contributed by atoms with Crippen molar-refractivity contribution < 1.29 is 61.6 Å². The van der Waals surface area contributed by atoms with Crippen LogP contribution >= 0.6 is 0 Å². The molecule has 0 aliphatic carbocycles. The summed E-state index contributed by atoms with van der Waals surface area (Å²) in [5, 5.41) is 0. The lowest BCUT2D eigenvalue weighted by Gasteiger charge is -2.22. The molecule has 0 fully saturated rings. The first-order valence-electron chi connectivity index (χ1n) is 13.5. The monoisotopic (exact) mass is 588 g/mol. The molecule has 0 saturated heterocycles. The minimum absolute atomic E-state index is 0.0226. The van der Waals surface area contributed by atoms with E-state index in [4.69, 9.17) is 61.6 Å². The molecule has 0 aromatic rings. The van der Waals surface area contributed by atoms with Crippen LogP contribution in [0, 0.1) is 0 Å². The van der Waals surface area contributed by atoms with Crippen LogP contribution in [0.1, 0.15) is 6.42 Å². The lowest BCUT2D eigenvalue weighted by Crippen LogP contribution is -2.33. The zero-order valence-corrected chi connectivity index (χ0v) is 26.0. The van der Waals surface area contributed by atoms with Crippen molar-refractivity contribution in [3.8, 4) is 0 Å². The quantitative estimate of drug-likeness (QED) is 0.114. The first kappa shape index (κ1) is 39.5. The second kappa shape index (κ2) is 28.6. The van der Waals surface area contributed by atoms with Gasteiger partial charge >= 0.3 is 0 Å². The Hall–Kier alpha value is -0.520. The third-order valence-electron chi connectivity index (χ3n) is 6.03. The Bertz CT molecular complexity index is 517. The molecule has 242 valence electrons. The number of methoxy groups -OCH3 is 8. The van der Waals surface area contributed by atoms with E-state index in [1.54, 1.807) is 56.9 Å². The summed E-state index contributed by atoms with van der Waals surface area (Å²) < 4.78 is 71.4. The molecule has 0 bridgehead atoms. The van der Waals surface area contributed by atoms with Crippen molar-refractivity contribution in [2.45, 2.75) is 43.0 Å². The van der Waals surface area contributed by atoms with Crippen LogP contribution in [0.2, 0.25) is 0 Å². The zero-order valence-electron chi connectivity index (χ0n) is 26.0. The van der Waals surface area contributed by atoms with E-state index in [0.717, 1.165) is 6.42 Å². The molecule has 0 amide bonds. The fourth-order valence-corrected chi connectivity index (χ4v) is 3.28. The Morgan fingerprint density at radius 3 is 0.775 bits per heavy atom. The van der Waals surface area contributed by atoms with E-state index in [1.807, 2.05) is 0 Å². The van der Waals surface area contributed by atoms with Gasteiger partial charge in [-0.15, -0.1) is 0 Å². The van der Waals surface area contributed by atoms with Gasteiger partial charge in [0, 0.05) is 63.5 Å². The molecule has 0 aromatic heterocycles. The molecular weight excluding hydrogens is 532 g/mol. The van der Waals surface area contributed by atoms with E-state index in [1.165, 1.54) is 0 Å². The molecule has 0 aliphatic rings. The lowest BCUT2D eigenvalue weighted by atomic mass is 10.3. The van der Waals surface area contributed by atoms with Gasteiger partial charge in [-0.1, -0.05) is 0 Å². The predicted molar refractivity (Wildman–Crippen MR) is 147 cm³/mol. The second-order valence-electron chi connectivity index (χ2n) is 9.07. The van der Waals surface area contributed by atoms with Crippen molar-refractivity contribution in [1.29, 1.82) is 0 Å². The maximum absolute atomic E-state index is 5.80. The highest BCUT2D eigenvalue weighted by Crippen LogP contribution is 2.04. The molecule has 6 atom stereocenters. The number of hydrogen-bond acceptors (Lipinski definition) is 13. The van der Waals surface area contributed by atoms with Gasteiger partial charge in [0.2, 0.25) is 0 Å². The highest BCUT2D eigenvalue weighted by atomic mass is 16.6. The predicted octanol–water partition coefficient (Wildman–Crippen LogP) is 0.842. The maximum atomic E-state index is 5.80. The van der Waals surface area contributed by atoms with Crippen molar-refractivity contribution in [2.24, 2.45) is 0 Å². The standard InChI is InChI=1S/C27H56O13/c1-28-10-9-22(30-3)12-36-14-24(32-5)16-38-18-26(34-7)20-40-21-27(35-8)19-39-17-25(33-6)15-37-13-23(31-4)11-29-2/h22-27H,9-21H2,1-8H3. The van der Waals surface area contributed by atoms with Crippen LogP contribution in [0.5, 0.6) is 0 Å². The molecule has 0 aliphatic heterocycles. The summed E-state index contributed by atoms with van der Waals surface area (Å²) in [4.78, 5) is 0. The molecule has 0 radical (unpaired) electrons. The van der Waals surface area contributed by atoms with Crippen LogP contribution in [0.15, 0.2) is 0 Å². The van der Waals surface area contributed by atoms with Gasteiger partial charge in [0.15, 0.2) is 0 Å². The smallest absolute Gasteiger partial charge is 0.104 e. The second-order valence-corrected chi connectivity index (χ2v) is 9.07. The average Bonchev–Trinajstić information content (AvgIpc) is 2.98. The Kier molecular flexibility index (Phi) is 28.2. The van der Waals surface area contributed by atoms with E-state index < -0.39 is 0 Å². The van der Waals surface area contributed by atoms with Gasteiger partial charge in [-0.05, 0) is 6.42 Å². The zero-order chi connectivity index (χ0) is 29.8. The molecule has 0 rings (SSSR count). The van der Waals surface area contributed by atoms with E-state index in [9.17, 15) is 0 Å². The summed E-state index contributed by atoms with van der Waals surface area (Å²) in [5.41, 5.74) is 0. The number of hydrogen-bond donors (Lipinski definition) is 0. The molecular formula is C27H56O13. The molecule has 0 aromatic carbocycles. The molecule has 40 heavy (non-hydrogen) atoms. The summed E-state index contributed by atoms with van der Waals surface area (Å²) in [6.45, 7) is 4.83. The van der Waals surface area contributed by atoms with E-state index in [0.29, 0.717) is 79.3 Å². The highest BCUT2D eigenvalue weighted by Gasteiger charge is 2.17. The van der Waals surface area contributed by atoms with Crippen molar-refractivity contribution in [1.82, 2.24) is 0 Å². The van der Waals surface area contributed by atoms with E-state index >= 15 is 0 Å². The molecule has 0 heterocycles. The summed E-state index contributed by atoms with van der Waals surface area (Å²) in [6, 6.07) is 0. The average molecular weight is 589 g/mol. The van der Waals surface area contributed by atoms with Gasteiger partial charge in [-0.25, -0.2) is 0 Å². The largest absolute Gasteiger partial charge is 0.385 e. The molecule has 13 nitrogen and oxygen atoms in total. The van der Waals surface area contributed by atoms with Gasteiger partial charge in [-0.2, -0.15) is 0 Å². The summed E-state index contributed by atoms with van der Waals surface area (Å²) in [5.74, 6) is 0. The third-order valence-corrected chi connectivity index (χ3v) is 6.03. The summed E-state index contributed by atoms with van der Waals surface area (Å²) in [6.07, 6.45) is -0.292. The fraction of sp³-hybridized carbons (Fsp3) is 1.00. The van der Waals surface area contributed by atoms with Crippen LogP contribution in [-0.2, 0) is 61.6 Å². The minimum Gasteiger partial charge on any atom is -0.385 e. The SMILES string of the molecule is COCCC(COCC(COCC(COCC(COCC(COCC(COC)OC)OC)OC)OC)OC)OC. The molecule has 6 unspecified atom stereocenters. The van der Waals surface area contributed by atoms with Crippen LogP contribution in [0.4, 0.5) is 0 Å². The Balaban J connectivity index is 4.15. The Labute approximate surface area is 241 Å². The first-order valence-corrected chi connectivity index (χ1v) is 13.5. The van der Waals surface area contributed by atoms with Crippen LogP contribution in [-0.4, -0.2) is 173 Å². The van der Waals surface area contributed by atoms with E-state index in [-0.39, 0.29) is 36.6 Å².